The first kappa shape index (κ1) is 26.3. The van der Waals surface area contributed by atoms with Crippen LogP contribution in [0.1, 0.15) is 23.7 Å². The second-order valence-corrected chi connectivity index (χ2v) is 9.16. The third kappa shape index (κ3) is 6.14. The average Bonchev–Trinajstić information content (AvgIpc) is 2.87. The van der Waals surface area contributed by atoms with Crippen molar-refractivity contribution in [3.05, 3.63) is 69.4 Å². The van der Waals surface area contributed by atoms with E-state index in [1.54, 1.807) is 6.92 Å². The largest absolute Gasteiger partial charge is 0.466 e. The summed E-state index contributed by atoms with van der Waals surface area (Å²) in [5, 5.41) is 7.47. The number of hydrogen-bond donors (Lipinski definition) is 1. The van der Waals surface area contributed by atoms with Crippen LogP contribution in [0.5, 0.6) is 0 Å². The molecule has 1 amide bonds. The SMILES string of the molecule is CCOC(=O)Cc1nn(CNC(=O)CN2CCN(c3cccc(C)c3C)CC2)c(=O)c2cc(F)ccc12. The minimum Gasteiger partial charge on any atom is -0.466 e. The lowest BCUT2D eigenvalue weighted by Crippen LogP contribution is -2.50. The van der Waals surface area contributed by atoms with Crippen molar-refractivity contribution in [3.8, 4) is 0 Å². The number of fused-ring (bicyclic) bond motifs is 1. The van der Waals surface area contributed by atoms with Crippen molar-refractivity contribution in [1.29, 1.82) is 0 Å². The number of piperazine rings is 1. The third-order valence-electron chi connectivity index (χ3n) is 6.70. The van der Waals surface area contributed by atoms with Crippen molar-refractivity contribution in [2.75, 3.05) is 44.2 Å². The molecule has 1 saturated heterocycles. The predicted molar refractivity (Wildman–Crippen MR) is 139 cm³/mol. The molecule has 4 rings (SSSR count). The van der Waals surface area contributed by atoms with Gasteiger partial charge >= 0.3 is 5.97 Å². The number of nitrogens with zero attached hydrogens (tertiary/aromatic N) is 4. The zero-order chi connectivity index (χ0) is 26.5. The molecule has 1 fully saturated rings. The monoisotopic (exact) mass is 509 g/mol. The summed E-state index contributed by atoms with van der Waals surface area (Å²) in [6.45, 7) is 9.22. The maximum Gasteiger partial charge on any atom is 0.311 e. The molecule has 0 saturated carbocycles. The van der Waals surface area contributed by atoms with E-state index >= 15 is 0 Å². The van der Waals surface area contributed by atoms with Gasteiger partial charge in [0.25, 0.3) is 5.56 Å². The zero-order valence-corrected chi connectivity index (χ0v) is 21.4. The van der Waals surface area contributed by atoms with E-state index < -0.39 is 17.3 Å². The van der Waals surface area contributed by atoms with Crippen molar-refractivity contribution in [2.45, 2.75) is 33.9 Å². The molecule has 37 heavy (non-hydrogen) atoms. The van der Waals surface area contributed by atoms with E-state index in [1.165, 1.54) is 28.9 Å². The molecule has 1 N–H and O–H groups in total. The van der Waals surface area contributed by atoms with E-state index in [1.807, 2.05) is 0 Å². The van der Waals surface area contributed by atoms with Gasteiger partial charge in [0.05, 0.1) is 30.7 Å². The van der Waals surface area contributed by atoms with Gasteiger partial charge in [0.1, 0.15) is 12.5 Å². The van der Waals surface area contributed by atoms with E-state index in [0.717, 1.165) is 36.9 Å². The van der Waals surface area contributed by atoms with Crippen molar-refractivity contribution in [1.82, 2.24) is 20.0 Å². The van der Waals surface area contributed by atoms with Crippen LogP contribution in [0.15, 0.2) is 41.2 Å². The zero-order valence-electron chi connectivity index (χ0n) is 21.4. The summed E-state index contributed by atoms with van der Waals surface area (Å²) in [6.07, 6.45) is -0.172. The molecule has 1 aromatic heterocycles. The van der Waals surface area contributed by atoms with Gasteiger partial charge in [-0.05, 0) is 56.2 Å². The van der Waals surface area contributed by atoms with Gasteiger partial charge in [-0.2, -0.15) is 5.10 Å². The smallest absolute Gasteiger partial charge is 0.311 e. The summed E-state index contributed by atoms with van der Waals surface area (Å²) in [5.74, 6) is -1.33. The fourth-order valence-corrected chi connectivity index (χ4v) is 4.56. The Morgan fingerprint density at radius 1 is 1.08 bits per heavy atom. The molecular formula is C27H32FN5O4. The normalized spacial score (nSPS) is 14.1. The Bertz CT molecular complexity index is 1360. The van der Waals surface area contributed by atoms with Crippen LogP contribution < -0.4 is 15.8 Å². The maximum atomic E-state index is 13.9. The minimum absolute atomic E-state index is 0.0890. The number of hydrogen-bond acceptors (Lipinski definition) is 7. The summed E-state index contributed by atoms with van der Waals surface area (Å²) < 4.78 is 19.9. The molecule has 1 aliphatic heterocycles. The van der Waals surface area contributed by atoms with Crippen LogP contribution in [-0.2, 0) is 27.4 Å². The number of carbonyl (C=O) groups is 2. The quantitative estimate of drug-likeness (QED) is 0.465. The first-order valence-corrected chi connectivity index (χ1v) is 12.4. The lowest BCUT2D eigenvalue weighted by atomic mass is 10.1. The van der Waals surface area contributed by atoms with E-state index in [0.29, 0.717) is 5.39 Å². The van der Waals surface area contributed by atoms with Crippen molar-refractivity contribution in [3.63, 3.8) is 0 Å². The van der Waals surface area contributed by atoms with Gasteiger partial charge in [-0.15, -0.1) is 0 Å². The number of esters is 1. The molecule has 0 atom stereocenters. The standard InChI is InChI=1S/C27H32FN5O4/c1-4-37-26(35)15-23-21-9-8-20(28)14-22(21)27(36)33(30-23)17-29-25(34)16-31-10-12-32(13-11-31)24-7-5-6-18(2)19(24)3/h5-9,14H,4,10-13,15-17H2,1-3H3,(H,29,34). The molecule has 3 aromatic rings. The Morgan fingerprint density at radius 3 is 2.57 bits per heavy atom. The summed E-state index contributed by atoms with van der Waals surface area (Å²) >= 11 is 0. The molecule has 196 valence electrons. The first-order chi connectivity index (χ1) is 17.8. The lowest BCUT2D eigenvalue weighted by Gasteiger charge is -2.36. The van der Waals surface area contributed by atoms with Crippen molar-refractivity contribution >= 4 is 28.3 Å². The Balaban J connectivity index is 1.40. The summed E-state index contributed by atoms with van der Waals surface area (Å²) in [7, 11) is 0. The average molecular weight is 510 g/mol. The fraction of sp³-hybridized carbons (Fsp3) is 0.407. The number of nitrogens with one attached hydrogen (secondary N) is 1. The second kappa shape index (κ2) is 11.5. The molecule has 1 aliphatic rings. The van der Waals surface area contributed by atoms with E-state index in [-0.39, 0.29) is 43.2 Å². The van der Waals surface area contributed by atoms with Crippen LogP contribution >= 0.6 is 0 Å². The van der Waals surface area contributed by atoms with Crippen LogP contribution in [-0.4, -0.2) is 65.9 Å². The molecule has 9 nitrogen and oxygen atoms in total. The van der Waals surface area contributed by atoms with Gasteiger partial charge in [-0.3, -0.25) is 19.3 Å². The highest BCUT2D eigenvalue weighted by atomic mass is 19.1. The number of aryl methyl sites for hydroxylation is 1. The van der Waals surface area contributed by atoms with E-state index in [4.69, 9.17) is 4.74 Å². The van der Waals surface area contributed by atoms with E-state index in [9.17, 15) is 18.8 Å². The van der Waals surface area contributed by atoms with Crippen LogP contribution in [0.2, 0.25) is 0 Å². The second-order valence-electron chi connectivity index (χ2n) is 9.16. The number of ether oxygens (including phenoxy) is 1. The summed E-state index contributed by atoms with van der Waals surface area (Å²) in [6, 6.07) is 10.0. The Kier molecular flexibility index (Phi) is 8.17. The molecule has 2 aromatic carbocycles. The number of carbonyl (C=O) groups excluding carboxylic acids is 2. The van der Waals surface area contributed by atoms with Gasteiger partial charge in [-0.1, -0.05) is 12.1 Å². The van der Waals surface area contributed by atoms with Crippen molar-refractivity contribution in [2.24, 2.45) is 0 Å². The van der Waals surface area contributed by atoms with Gasteiger partial charge in [0.15, 0.2) is 0 Å². The number of halogens is 1. The van der Waals surface area contributed by atoms with Gasteiger partial charge in [0, 0.05) is 37.3 Å². The van der Waals surface area contributed by atoms with Gasteiger partial charge in [0.2, 0.25) is 5.91 Å². The molecule has 10 heteroatoms. The highest BCUT2D eigenvalue weighted by Crippen LogP contribution is 2.23. The van der Waals surface area contributed by atoms with Gasteiger partial charge in [-0.25, -0.2) is 9.07 Å². The van der Waals surface area contributed by atoms with Crippen LogP contribution in [0.4, 0.5) is 10.1 Å². The highest BCUT2D eigenvalue weighted by molar-refractivity contribution is 5.87. The first-order valence-electron chi connectivity index (χ1n) is 12.4. The molecule has 2 heterocycles. The number of benzene rings is 2. The molecule has 0 spiro atoms. The molecule has 0 bridgehead atoms. The third-order valence-corrected chi connectivity index (χ3v) is 6.70. The highest BCUT2D eigenvalue weighted by Gasteiger charge is 2.21. The fourth-order valence-electron chi connectivity index (χ4n) is 4.56. The van der Waals surface area contributed by atoms with Crippen LogP contribution in [0.25, 0.3) is 10.8 Å². The number of aromatic nitrogens is 2. The summed E-state index contributed by atoms with van der Waals surface area (Å²) in [5.41, 5.74) is 3.48. The predicted octanol–water partition coefficient (Wildman–Crippen LogP) is 2.15. The summed E-state index contributed by atoms with van der Waals surface area (Å²) in [4.78, 5) is 42.0. The Morgan fingerprint density at radius 2 is 1.84 bits per heavy atom. The number of amides is 1. The minimum atomic E-state index is -0.575. The Labute approximate surface area is 214 Å². The molecule has 0 radical (unpaired) electrons. The molecule has 0 unspecified atom stereocenters. The lowest BCUT2D eigenvalue weighted by molar-refractivity contribution is -0.142. The molecule has 0 aliphatic carbocycles. The van der Waals surface area contributed by atoms with E-state index in [2.05, 4.69) is 52.3 Å². The maximum absolute atomic E-state index is 13.9. The van der Waals surface area contributed by atoms with Crippen LogP contribution in [0, 0.1) is 19.7 Å². The van der Waals surface area contributed by atoms with Crippen LogP contribution in [0.3, 0.4) is 0 Å². The number of rotatable bonds is 8. The van der Waals surface area contributed by atoms with Crippen molar-refractivity contribution < 1.29 is 18.7 Å². The van der Waals surface area contributed by atoms with Gasteiger partial charge < -0.3 is 15.0 Å². The Hall–Kier alpha value is -3.79. The topological polar surface area (TPSA) is 96.8 Å². The molecular weight excluding hydrogens is 477 g/mol. The number of anilines is 1.